The summed E-state index contributed by atoms with van der Waals surface area (Å²) in [5.41, 5.74) is 2.09. The number of piperidine rings is 1. The number of hydrogen-bond donors (Lipinski definition) is 0. The van der Waals surface area contributed by atoms with Gasteiger partial charge in [-0.3, -0.25) is 9.36 Å². The third-order valence-electron chi connectivity index (χ3n) is 5.91. The molecular weight excluding hydrogens is 482 g/mol. The Labute approximate surface area is 202 Å². The number of benzene rings is 2. The number of rotatable bonds is 3. The number of nitrogens with zero attached hydrogens (tertiary/aromatic N) is 3. The third kappa shape index (κ3) is 5.29. The summed E-state index contributed by atoms with van der Waals surface area (Å²) in [6.07, 6.45) is 1.53. The Hall–Kier alpha value is -2.67. The highest BCUT2D eigenvalue weighted by atomic mass is 79.9. The molecule has 0 bridgehead atoms. The number of hydrogen-bond acceptors (Lipinski definition) is 4. The minimum atomic E-state index is -0.533. The van der Waals surface area contributed by atoms with E-state index < -0.39 is 5.60 Å². The van der Waals surface area contributed by atoms with Crippen molar-refractivity contribution in [3.05, 3.63) is 62.9 Å². The molecule has 0 aliphatic carbocycles. The number of amides is 1. The van der Waals surface area contributed by atoms with Gasteiger partial charge >= 0.3 is 6.09 Å². The molecule has 1 saturated heterocycles. The molecule has 2 heterocycles. The number of fused-ring (bicyclic) bond motifs is 1. The van der Waals surface area contributed by atoms with Crippen LogP contribution in [-0.4, -0.2) is 39.2 Å². The van der Waals surface area contributed by atoms with Crippen LogP contribution in [0.2, 0.25) is 0 Å². The first kappa shape index (κ1) is 23.5. The van der Waals surface area contributed by atoms with Crippen LogP contribution in [0.25, 0.3) is 22.3 Å². The van der Waals surface area contributed by atoms with E-state index in [-0.39, 0.29) is 17.6 Å². The molecule has 1 fully saturated rings. The van der Waals surface area contributed by atoms with Crippen molar-refractivity contribution in [2.24, 2.45) is 5.92 Å². The van der Waals surface area contributed by atoms with Crippen LogP contribution in [0.3, 0.4) is 0 Å². The Morgan fingerprint density at radius 2 is 1.97 bits per heavy atom. The van der Waals surface area contributed by atoms with Crippen LogP contribution >= 0.6 is 15.9 Å². The van der Waals surface area contributed by atoms with Crippen LogP contribution in [0, 0.1) is 12.8 Å². The number of carbonyl (C=O) groups is 1. The van der Waals surface area contributed by atoms with E-state index in [9.17, 15) is 9.59 Å². The predicted octanol–water partition coefficient (Wildman–Crippen LogP) is 5.78. The average Bonchev–Trinajstić information content (AvgIpc) is 2.75. The van der Waals surface area contributed by atoms with Crippen molar-refractivity contribution in [3.8, 4) is 11.4 Å². The fourth-order valence-electron chi connectivity index (χ4n) is 4.36. The molecule has 7 heteroatoms. The molecule has 1 atom stereocenters. The van der Waals surface area contributed by atoms with Gasteiger partial charge in [-0.1, -0.05) is 40.2 Å². The third-order valence-corrected chi connectivity index (χ3v) is 6.41. The van der Waals surface area contributed by atoms with Crippen molar-refractivity contribution >= 4 is 32.9 Å². The maximum Gasteiger partial charge on any atom is 0.410 e. The summed E-state index contributed by atoms with van der Waals surface area (Å²) in [6, 6.07) is 13.6. The minimum Gasteiger partial charge on any atom is -0.444 e. The maximum atomic E-state index is 13.7. The van der Waals surface area contributed by atoms with Crippen molar-refractivity contribution in [2.45, 2.75) is 52.7 Å². The number of aryl methyl sites for hydroxylation is 1. The summed E-state index contributed by atoms with van der Waals surface area (Å²) in [4.78, 5) is 33.0. The second kappa shape index (κ2) is 9.29. The molecule has 3 aromatic rings. The molecule has 0 spiro atoms. The SMILES string of the molecule is Cc1ccccc1-c1nc2ccc(Br)cc2c(=O)n1CC1CCCN(C(=O)OC(C)(C)C)C1. The lowest BCUT2D eigenvalue weighted by Crippen LogP contribution is -2.44. The second-order valence-electron chi connectivity index (χ2n) is 9.76. The smallest absolute Gasteiger partial charge is 0.410 e. The van der Waals surface area contributed by atoms with Crippen LogP contribution in [-0.2, 0) is 11.3 Å². The molecule has 6 nitrogen and oxygen atoms in total. The average molecular weight is 512 g/mol. The van der Waals surface area contributed by atoms with Gasteiger partial charge in [-0.05, 0) is 70.2 Å². The summed E-state index contributed by atoms with van der Waals surface area (Å²) in [5.74, 6) is 0.806. The molecule has 1 aliphatic rings. The minimum absolute atomic E-state index is 0.0612. The molecule has 2 aromatic carbocycles. The van der Waals surface area contributed by atoms with Crippen LogP contribution < -0.4 is 5.56 Å². The molecule has 1 aromatic heterocycles. The number of ether oxygens (including phenoxy) is 1. The molecule has 0 N–H and O–H groups in total. The van der Waals surface area contributed by atoms with Crippen LogP contribution in [0.1, 0.15) is 39.2 Å². The zero-order chi connectivity index (χ0) is 23.8. The fourth-order valence-corrected chi connectivity index (χ4v) is 4.72. The van der Waals surface area contributed by atoms with E-state index in [1.165, 1.54) is 0 Å². The molecule has 1 aliphatic heterocycles. The summed E-state index contributed by atoms with van der Waals surface area (Å²) in [7, 11) is 0. The van der Waals surface area contributed by atoms with Gasteiger partial charge in [0.05, 0.1) is 10.9 Å². The van der Waals surface area contributed by atoms with Crippen molar-refractivity contribution < 1.29 is 9.53 Å². The van der Waals surface area contributed by atoms with Gasteiger partial charge in [0.25, 0.3) is 5.56 Å². The van der Waals surface area contributed by atoms with E-state index in [2.05, 4.69) is 15.9 Å². The number of aromatic nitrogens is 2. The van der Waals surface area contributed by atoms with Gasteiger partial charge in [-0.2, -0.15) is 0 Å². The molecule has 174 valence electrons. The lowest BCUT2D eigenvalue weighted by atomic mass is 9.97. The maximum absolute atomic E-state index is 13.7. The number of likely N-dealkylation sites (tertiary alicyclic amines) is 1. The van der Waals surface area contributed by atoms with Gasteiger partial charge < -0.3 is 9.64 Å². The van der Waals surface area contributed by atoms with E-state index in [0.29, 0.717) is 36.4 Å². The van der Waals surface area contributed by atoms with E-state index in [0.717, 1.165) is 28.4 Å². The van der Waals surface area contributed by atoms with Gasteiger partial charge in [0.15, 0.2) is 0 Å². The first-order valence-electron chi connectivity index (χ1n) is 11.4. The molecule has 1 amide bonds. The summed E-state index contributed by atoms with van der Waals surface area (Å²) >= 11 is 3.48. The van der Waals surface area contributed by atoms with Crippen LogP contribution in [0.5, 0.6) is 0 Å². The standard InChI is InChI=1S/C26H30BrN3O3/c1-17-8-5-6-10-20(17)23-28-22-12-11-19(27)14-21(22)24(31)30(23)16-18-9-7-13-29(15-18)25(32)33-26(2,3)4/h5-6,8,10-12,14,18H,7,9,13,15-16H2,1-4H3. The normalized spacial score (nSPS) is 16.8. The Kier molecular flexibility index (Phi) is 6.61. The summed E-state index contributed by atoms with van der Waals surface area (Å²) in [6.45, 7) is 9.39. The molecule has 0 saturated carbocycles. The van der Waals surface area contributed by atoms with Gasteiger partial charge in [0, 0.05) is 29.7 Å². The van der Waals surface area contributed by atoms with Crippen molar-refractivity contribution in [3.63, 3.8) is 0 Å². The zero-order valence-corrected chi connectivity index (χ0v) is 21.2. The van der Waals surface area contributed by atoms with Crippen LogP contribution in [0.4, 0.5) is 4.79 Å². The van der Waals surface area contributed by atoms with Gasteiger partial charge in [0.1, 0.15) is 11.4 Å². The van der Waals surface area contributed by atoms with Crippen molar-refractivity contribution in [1.29, 1.82) is 0 Å². The quantitative estimate of drug-likeness (QED) is 0.446. The lowest BCUT2D eigenvalue weighted by molar-refractivity contribution is 0.0157. The lowest BCUT2D eigenvalue weighted by Gasteiger charge is -2.34. The molecule has 1 unspecified atom stereocenters. The van der Waals surface area contributed by atoms with Crippen molar-refractivity contribution in [2.75, 3.05) is 13.1 Å². The first-order valence-corrected chi connectivity index (χ1v) is 12.2. The Balaban J connectivity index is 1.73. The van der Waals surface area contributed by atoms with E-state index in [4.69, 9.17) is 9.72 Å². The Bertz CT molecular complexity index is 1250. The Morgan fingerprint density at radius 3 is 2.70 bits per heavy atom. The van der Waals surface area contributed by atoms with Gasteiger partial charge in [-0.25, -0.2) is 9.78 Å². The fraction of sp³-hybridized carbons (Fsp3) is 0.423. The molecular formula is C26H30BrN3O3. The largest absolute Gasteiger partial charge is 0.444 e. The summed E-state index contributed by atoms with van der Waals surface area (Å²) < 4.78 is 8.22. The highest BCUT2D eigenvalue weighted by Gasteiger charge is 2.29. The molecule has 33 heavy (non-hydrogen) atoms. The van der Waals surface area contributed by atoms with Gasteiger partial charge in [0.2, 0.25) is 0 Å². The van der Waals surface area contributed by atoms with Gasteiger partial charge in [-0.15, -0.1) is 0 Å². The molecule has 4 rings (SSSR count). The number of halogens is 1. The first-order chi connectivity index (χ1) is 15.6. The highest BCUT2D eigenvalue weighted by molar-refractivity contribution is 9.10. The second-order valence-corrected chi connectivity index (χ2v) is 10.7. The highest BCUT2D eigenvalue weighted by Crippen LogP contribution is 2.27. The molecule has 0 radical (unpaired) electrons. The van der Waals surface area contributed by atoms with E-state index in [1.807, 2.05) is 70.2 Å². The monoisotopic (exact) mass is 511 g/mol. The van der Waals surface area contributed by atoms with E-state index >= 15 is 0 Å². The van der Waals surface area contributed by atoms with Crippen LogP contribution in [0.15, 0.2) is 51.7 Å². The van der Waals surface area contributed by atoms with E-state index in [1.54, 1.807) is 9.47 Å². The predicted molar refractivity (Wildman–Crippen MR) is 134 cm³/mol. The Morgan fingerprint density at radius 1 is 1.21 bits per heavy atom. The summed E-state index contributed by atoms with van der Waals surface area (Å²) in [5, 5.41) is 0.585. The van der Waals surface area contributed by atoms with Crippen molar-refractivity contribution in [1.82, 2.24) is 14.5 Å². The topological polar surface area (TPSA) is 64.4 Å². The zero-order valence-electron chi connectivity index (χ0n) is 19.6. The number of carbonyl (C=O) groups excluding carboxylic acids is 1.